The maximum atomic E-state index is 2.50. The Labute approximate surface area is 845 Å². The molecule has 22 aliphatic carbocycles. The lowest BCUT2D eigenvalue weighted by Gasteiger charge is -2.65. The standard InChI is InChI=1S/2C17H32.2C16H30.C15H28.C14H26.3C13H24/c1-13(2)17(14(3)4)11-15-7-5-8-16(12-17)10-6-9-15;1-13(2)17(14(3)4)12-15-8-5-6-10-16(17)11-7-9-15;1-12(2)16(13(3)4)11-14-7-5-9-15(16)10-6-8-14;1-12(2)16(13(3)4)11-14-7-5-6-8-15(16)10-9-14;1-11(2)15(12(3)4)13-7-5-6-8-14(15)10-9-13;1-10(2)14(11(3)4)9-12-5-7-13(14)8-6-12;1-9(2)13(10(3)4)8-11-5-6-12(13)7-11;1-9(2)13(10(3)4)11-5-6-12(13)8-7-11;1-9(2)13(10(3)4)11-6-5-7-12(13)8-11/h2*13-16H,5-12H2,1-4H3;2*12-15H,5-11H2,1-4H3;11-14H,5-10H2,1-4H3;10-13H,5-9H2,1-4H3;3*9-12H,5-8H2,1-4H3. The van der Waals surface area contributed by atoms with E-state index in [0.717, 1.165) is 224 Å². The van der Waals surface area contributed by atoms with Crippen molar-refractivity contribution in [1.29, 1.82) is 0 Å². The van der Waals surface area contributed by atoms with Crippen LogP contribution in [0.25, 0.3) is 0 Å². The van der Waals surface area contributed by atoms with Crippen molar-refractivity contribution >= 4 is 0 Å². The monoisotopic (exact) mass is 1860 g/mol. The summed E-state index contributed by atoms with van der Waals surface area (Å²) in [6.45, 7) is 89.0. The van der Waals surface area contributed by atoms with Gasteiger partial charge < -0.3 is 0 Å². The van der Waals surface area contributed by atoms with Crippen LogP contribution in [-0.4, -0.2) is 0 Å². The van der Waals surface area contributed by atoms with Gasteiger partial charge in [-0.05, 0) is 442 Å². The van der Waals surface area contributed by atoms with Crippen molar-refractivity contribution < 1.29 is 0 Å². The fraction of sp³-hybridized carbons (Fsp3) is 1.00. The SMILES string of the molecule is CC(C)C1(C(C)C)C2CCC1CC2.CC(C)C1(C(C)C)C2CCCC1C2.CC(C)C1(C(C)C)C2CCCCC1CC2.CC(C)C1(C(C)C)CC2CCC1C2.CC(C)C1(C(C)C)CC2CCC1CC2.CC(C)C1(C(C)C)CC2CCCC(CCC2)C1.CC(C)C1(C(C)C)CC2CCCC1CCC2.CC(C)C1(C(C)C)CC2CCCCC1CC2.CC(C)C1(C(C)C)CC2CCCCC1CCC2. The molecule has 0 aromatic rings. The first kappa shape index (κ1) is 116. The minimum atomic E-state index is 0.649. The fourth-order valence-electron chi connectivity index (χ4n) is 44.5. The molecule has 786 valence electrons. The van der Waals surface area contributed by atoms with Crippen LogP contribution in [0.3, 0.4) is 0 Å². The number of hydrogen-bond acceptors (Lipinski definition) is 0. The zero-order valence-electron chi connectivity index (χ0n) is 98.8. The van der Waals surface area contributed by atoms with Crippen molar-refractivity contribution in [3.8, 4) is 0 Å². The molecule has 0 spiro atoms. The minimum Gasteiger partial charge on any atom is -0.0622 e. The molecule has 22 rings (SSSR count). The van der Waals surface area contributed by atoms with Crippen LogP contribution in [0.4, 0.5) is 0 Å². The van der Waals surface area contributed by atoms with Crippen molar-refractivity contribution in [3.63, 3.8) is 0 Å². The summed E-state index contributed by atoms with van der Waals surface area (Å²) in [5.41, 5.74) is 6.19. The van der Waals surface area contributed by atoms with Crippen molar-refractivity contribution in [2.24, 2.45) is 262 Å². The van der Waals surface area contributed by atoms with E-state index < -0.39 is 0 Å². The summed E-state index contributed by atoms with van der Waals surface area (Å²) in [7, 11) is 0. The Bertz CT molecular complexity index is 3080. The molecule has 0 aromatic carbocycles. The van der Waals surface area contributed by atoms with Crippen molar-refractivity contribution in [2.45, 2.75) is 590 Å². The molecule has 0 aromatic heterocycles. The average Bonchev–Trinajstić information content (AvgIpc) is 1.25. The van der Waals surface area contributed by atoms with Gasteiger partial charge in [0.1, 0.15) is 0 Å². The lowest BCUT2D eigenvalue weighted by atomic mass is 9.40. The van der Waals surface area contributed by atoms with Crippen LogP contribution in [0.1, 0.15) is 590 Å². The highest BCUT2D eigenvalue weighted by atomic mass is 14.7. The Morgan fingerprint density at radius 1 is 0.119 bits per heavy atom. The van der Waals surface area contributed by atoms with Gasteiger partial charge in [-0.15, -0.1) is 0 Å². The lowest BCUT2D eigenvalue weighted by molar-refractivity contribution is -0.161. The molecule has 134 heavy (non-hydrogen) atoms. The summed E-state index contributed by atoms with van der Waals surface area (Å²) in [5, 5.41) is 0. The van der Waals surface area contributed by atoms with Gasteiger partial charge in [-0.1, -0.05) is 410 Å². The number of fused-ring (bicyclic) bond motifs is 28. The average molecular weight is 1860 g/mol. The second-order valence-electron chi connectivity index (χ2n) is 59.7. The number of rotatable bonds is 18. The molecule has 0 N–H and O–H groups in total. The van der Waals surface area contributed by atoms with Gasteiger partial charge in [0.2, 0.25) is 0 Å². The molecule has 0 heteroatoms. The Morgan fingerprint density at radius 3 is 0.515 bits per heavy atom. The first-order valence-electron chi connectivity index (χ1n) is 63.2. The lowest BCUT2D eigenvalue weighted by Crippen LogP contribution is -2.58. The van der Waals surface area contributed by atoms with Gasteiger partial charge in [0.05, 0.1) is 0 Å². The molecule has 0 saturated heterocycles. The Balaban J connectivity index is 0.000000156. The molecule has 22 fully saturated rings. The van der Waals surface area contributed by atoms with E-state index in [4.69, 9.17) is 0 Å². The highest BCUT2D eigenvalue weighted by Gasteiger charge is 2.62. The van der Waals surface area contributed by atoms with Gasteiger partial charge in [0.15, 0.2) is 0 Å². The Kier molecular flexibility index (Phi) is 43.4. The van der Waals surface area contributed by atoms with E-state index in [-0.39, 0.29) is 0 Å². The van der Waals surface area contributed by atoms with Crippen LogP contribution in [0, 0.1) is 262 Å². The van der Waals surface area contributed by atoms with E-state index in [9.17, 15) is 0 Å². The maximum absolute atomic E-state index is 2.50. The topological polar surface area (TPSA) is 0 Å². The second-order valence-corrected chi connectivity index (χ2v) is 59.7. The van der Waals surface area contributed by atoms with Crippen LogP contribution < -0.4 is 0 Å². The summed E-state index contributed by atoms with van der Waals surface area (Å²) in [6.07, 6.45) is 80.8. The van der Waals surface area contributed by atoms with Crippen molar-refractivity contribution in [3.05, 3.63) is 0 Å². The molecule has 0 radical (unpaired) electrons. The third kappa shape index (κ3) is 23.7. The van der Waals surface area contributed by atoms with E-state index in [0.29, 0.717) is 37.9 Å². The zero-order chi connectivity index (χ0) is 98.8. The van der Waals surface area contributed by atoms with Crippen LogP contribution in [-0.2, 0) is 0 Å². The Hall–Kier alpha value is 0. The molecule has 0 aliphatic heterocycles. The maximum Gasteiger partial charge on any atom is -0.0195 e. The normalized spacial score (nSPS) is 34.9. The highest BCUT2D eigenvalue weighted by Crippen LogP contribution is 2.70. The molecule has 22 aliphatic rings. The molecule has 0 nitrogen and oxygen atoms in total. The van der Waals surface area contributed by atoms with Crippen LogP contribution >= 0.6 is 0 Å². The first-order chi connectivity index (χ1) is 63.2. The Morgan fingerprint density at radius 2 is 0.284 bits per heavy atom. The van der Waals surface area contributed by atoms with Crippen molar-refractivity contribution in [1.82, 2.24) is 0 Å². The molecular weight excluding hydrogens is 1610 g/mol. The molecule has 18 bridgehead atoms. The third-order valence-electron chi connectivity index (χ3n) is 50.3. The molecule has 10 atom stereocenters. The highest BCUT2D eigenvalue weighted by molar-refractivity contribution is 5.11. The van der Waals surface area contributed by atoms with E-state index in [1.54, 1.807) is 12.8 Å². The summed E-state index contributed by atoms with van der Waals surface area (Å²) >= 11 is 0. The van der Waals surface area contributed by atoms with E-state index in [1.165, 1.54) is 327 Å². The van der Waals surface area contributed by atoms with Gasteiger partial charge >= 0.3 is 0 Å². The number of hydrogen-bond donors (Lipinski definition) is 0. The van der Waals surface area contributed by atoms with Crippen LogP contribution in [0.15, 0.2) is 0 Å². The summed E-state index contributed by atoms with van der Waals surface area (Å²) in [6, 6.07) is 0. The van der Waals surface area contributed by atoms with Gasteiger partial charge in [-0.2, -0.15) is 0 Å². The van der Waals surface area contributed by atoms with Crippen LogP contribution in [0.5, 0.6) is 0 Å². The molecular formula is C134H250. The third-order valence-corrected chi connectivity index (χ3v) is 50.3. The summed E-state index contributed by atoms with van der Waals surface area (Å²) < 4.78 is 0. The molecule has 10 unspecified atom stereocenters. The molecule has 0 heterocycles. The second kappa shape index (κ2) is 50.1. The summed E-state index contributed by atoms with van der Waals surface area (Å²) in [4.78, 5) is 0. The van der Waals surface area contributed by atoms with Gasteiger partial charge in [-0.3, -0.25) is 0 Å². The first-order valence-corrected chi connectivity index (χ1v) is 63.2. The fourth-order valence-corrected chi connectivity index (χ4v) is 44.5. The zero-order valence-corrected chi connectivity index (χ0v) is 98.8. The quantitative estimate of drug-likeness (QED) is 0.128. The van der Waals surface area contributed by atoms with E-state index in [2.05, 4.69) is 249 Å². The predicted molar refractivity (Wildman–Crippen MR) is 597 cm³/mol. The summed E-state index contributed by atoms with van der Waals surface area (Å²) in [5.74, 6) is 34.8. The molecule has 22 saturated carbocycles. The van der Waals surface area contributed by atoms with Gasteiger partial charge in [-0.25, -0.2) is 0 Å². The van der Waals surface area contributed by atoms with Crippen LogP contribution in [0.2, 0.25) is 0 Å². The van der Waals surface area contributed by atoms with E-state index >= 15 is 0 Å². The van der Waals surface area contributed by atoms with Gasteiger partial charge in [0.25, 0.3) is 0 Å². The predicted octanol–water partition coefficient (Wildman–Crippen LogP) is 43.6. The molecule has 0 amide bonds. The largest absolute Gasteiger partial charge is 0.0622 e. The van der Waals surface area contributed by atoms with E-state index in [1.807, 2.05) is 0 Å². The minimum absolute atomic E-state index is 0.649. The van der Waals surface area contributed by atoms with Crippen molar-refractivity contribution in [2.75, 3.05) is 0 Å². The van der Waals surface area contributed by atoms with Gasteiger partial charge in [0, 0.05) is 0 Å². The smallest absolute Gasteiger partial charge is 0.0195 e.